The van der Waals surface area contributed by atoms with Gasteiger partial charge < -0.3 is 14.9 Å². The number of rotatable bonds is 9. The van der Waals surface area contributed by atoms with Gasteiger partial charge in [0.2, 0.25) is 12.5 Å². The molecule has 0 unspecified atom stereocenters. The maximum atomic E-state index is 12.7. The first-order chi connectivity index (χ1) is 16.3. The van der Waals surface area contributed by atoms with E-state index in [-0.39, 0.29) is 39.3 Å². The molecule has 1 aliphatic carbocycles. The first kappa shape index (κ1) is 26.9. The van der Waals surface area contributed by atoms with Gasteiger partial charge in [-0.2, -0.15) is 26.3 Å². The molecule has 1 N–H and O–H groups in total. The molecule has 1 saturated carbocycles. The van der Waals surface area contributed by atoms with E-state index < -0.39 is 37.4 Å². The molecular weight excluding hydrogens is 527 g/mol. The Bertz CT molecular complexity index is 1100. The summed E-state index contributed by atoms with van der Waals surface area (Å²) in [4.78, 5) is 20.8. The number of aromatic nitrogens is 1. The molecule has 0 atom stereocenters. The summed E-state index contributed by atoms with van der Waals surface area (Å²) < 4.78 is 79.6. The summed E-state index contributed by atoms with van der Waals surface area (Å²) in [6.45, 7) is -3.36. The molecule has 1 aliphatic rings. The van der Waals surface area contributed by atoms with E-state index in [1.54, 1.807) is 0 Å². The summed E-state index contributed by atoms with van der Waals surface area (Å²) in [5.74, 6) is -1.19. The highest BCUT2D eigenvalue weighted by molar-refractivity contribution is 6.42. The van der Waals surface area contributed by atoms with Crippen LogP contribution in [0.1, 0.15) is 23.2 Å². The molecule has 0 radical (unpaired) electrons. The van der Waals surface area contributed by atoms with Crippen molar-refractivity contribution in [1.29, 1.82) is 0 Å². The van der Waals surface area contributed by atoms with Crippen molar-refractivity contribution in [2.75, 3.05) is 19.8 Å². The number of nitrogens with zero attached hydrogens (tertiary/aromatic N) is 2. The molecule has 0 spiro atoms. The predicted octanol–water partition coefficient (Wildman–Crippen LogP) is 6.07. The van der Waals surface area contributed by atoms with Gasteiger partial charge in [-0.3, -0.25) is 4.79 Å². The Labute approximate surface area is 205 Å². The van der Waals surface area contributed by atoms with Gasteiger partial charge in [-0.05, 0) is 36.6 Å². The molecule has 0 bridgehead atoms. The van der Waals surface area contributed by atoms with Crippen molar-refractivity contribution < 1.29 is 40.7 Å². The van der Waals surface area contributed by atoms with Crippen molar-refractivity contribution in [2.24, 2.45) is 11.1 Å². The van der Waals surface area contributed by atoms with Crippen LogP contribution in [0.25, 0.3) is 11.1 Å². The summed E-state index contributed by atoms with van der Waals surface area (Å²) in [6, 6.07) is 5.50. The third-order valence-corrected chi connectivity index (χ3v) is 5.34. The van der Waals surface area contributed by atoms with Crippen LogP contribution in [-0.2, 0) is 4.84 Å². The second kappa shape index (κ2) is 10.9. The summed E-state index contributed by atoms with van der Waals surface area (Å²) in [7, 11) is 0. The smallest absolute Gasteiger partial charge is 0.425 e. The highest BCUT2D eigenvalue weighted by Crippen LogP contribution is 2.34. The van der Waals surface area contributed by atoms with E-state index in [9.17, 15) is 31.1 Å². The molecule has 14 heteroatoms. The molecule has 3 rings (SSSR count). The number of carbonyl (C=O) groups excluding carboxylic acids is 1. The van der Waals surface area contributed by atoms with Crippen LogP contribution in [0.15, 0.2) is 35.6 Å². The van der Waals surface area contributed by atoms with E-state index in [1.807, 2.05) is 0 Å². The minimum absolute atomic E-state index is 0.0446. The minimum atomic E-state index is -4.63. The van der Waals surface area contributed by atoms with Crippen LogP contribution >= 0.6 is 23.2 Å². The molecule has 1 fully saturated rings. The Kier molecular flexibility index (Phi) is 8.37. The van der Waals surface area contributed by atoms with Gasteiger partial charge in [-0.25, -0.2) is 4.98 Å². The van der Waals surface area contributed by atoms with Crippen LogP contribution in [0.4, 0.5) is 26.3 Å². The van der Waals surface area contributed by atoms with Gasteiger partial charge in [0.15, 0.2) is 6.61 Å². The van der Waals surface area contributed by atoms with E-state index in [2.05, 4.69) is 20.3 Å². The van der Waals surface area contributed by atoms with Crippen molar-refractivity contribution in [3.63, 3.8) is 0 Å². The fraction of sp³-hybridized carbons (Fsp3) is 0.381. The standard InChI is InChI=1S/C21H17Cl2F6N3O3/c22-15-4-3-12(6-16(15)23)14-5-13(7-31-19(14)34-9-20(24,25)26)18(33)30-8-17(11-1-2-11)32-35-10-21(27,28)29/h3-7,11H,1-2,8-10H2,(H,30,33)/b32-17+. The molecule has 6 nitrogen and oxygen atoms in total. The maximum Gasteiger partial charge on any atom is 0.425 e. The SMILES string of the molecule is O=C(NC/C(=N\OCC(F)(F)F)C1CC1)c1cnc(OCC(F)(F)F)c(-c2ccc(Cl)c(Cl)c2)c1. The lowest BCUT2D eigenvalue weighted by molar-refractivity contribution is -0.173. The molecule has 1 heterocycles. The van der Waals surface area contributed by atoms with Gasteiger partial charge in [0.05, 0.1) is 27.9 Å². The van der Waals surface area contributed by atoms with Gasteiger partial charge in [0, 0.05) is 17.7 Å². The third-order valence-electron chi connectivity index (χ3n) is 4.61. The zero-order valence-electron chi connectivity index (χ0n) is 17.6. The molecule has 0 aliphatic heterocycles. The Morgan fingerprint density at radius 2 is 1.74 bits per heavy atom. The lowest BCUT2D eigenvalue weighted by Crippen LogP contribution is -2.31. The first-order valence-electron chi connectivity index (χ1n) is 10.0. The number of carbonyl (C=O) groups is 1. The summed E-state index contributed by atoms with van der Waals surface area (Å²) in [6.07, 6.45) is -6.78. The molecule has 1 aromatic carbocycles. The topological polar surface area (TPSA) is 72.8 Å². The maximum absolute atomic E-state index is 12.7. The average molecular weight is 544 g/mol. The number of hydrogen-bond acceptors (Lipinski definition) is 5. The van der Waals surface area contributed by atoms with E-state index in [4.69, 9.17) is 27.9 Å². The number of amides is 1. The van der Waals surface area contributed by atoms with Crippen LogP contribution in [0, 0.1) is 5.92 Å². The molecule has 1 amide bonds. The third kappa shape index (κ3) is 8.46. The number of pyridine rings is 1. The van der Waals surface area contributed by atoms with Crippen LogP contribution in [-0.4, -0.2) is 48.7 Å². The van der Waals surface area contributed by atoms with E-state index >= 15 is 0 Å². The highest BCUT2D eigenvalue weighted by atomic mass is 35.5. The molecule has 2 aromatic rings. The summed E-state index contributed by atoms with van der Waals surface area (Å²) >= 11 is 11.9. The van der Waals surface area contributed by atoms with Crippen LogP contribution in [0.3, 0.4) is 0 Å². The number of nitrogens with one attached hydrogen (secondary N) is 1. The average Bonchev–Trinajstić information content (AvgIpc) is 3.60. The number of hydrogen-bond donors (Lipinski definition) is 1. The van der Waals surface area contributed by atoms with E-state index in [1.165, 1.54) is 24.3 Å². The number of ether oxygens (including phenoxy) is 1. The van der Waals surface area contributed by atoms with Crippen LogP contribution in [0.2, 0.25) is 10.0 Å². The Hall–Kier alpha value is -2.73. The Morgan fingerprint density at radius 1 is 1.06 bits per heavy atom. The van der Waals surface area contributed by atoms with Crippen molar-refractivity contribution >= 4 is 34.8 Å². The largest absolute Gasteiger partial charge is 0.468 e. The lowest BCUT2D eigenvalue weighted by Gasteiger charge is -2.14. The lowest BCUT2D eigenvalue weighted by atomic mass is 10.0. The van der Waals surface area contributed by atoms with Gasteiger partial charge in [-0.15, -0.1) is 0 Å². The fourth-order valence-corrected chi connectivity index (χ4v) is 3.14. The fourth-order valence-electron chi connectivity index (χ4n) is 2.84. The van der Waals surface area contributed by atoms with Crippen LogP contribution in [0.5, 0.6) is 5.88 Å². The van der Waals surface area contributed by atoms with Crippen molar-refractivity contribution in [3.05, 3.63) is 46.1 Å². The minimum Gasteiger partial charge on any atom is -0.468 e. The number of halogens is 8. The second-order valence-electron chi connectivity index (χ2n) is 7.54. The molecule has 190 valence electrons. The van der Waals surface area contributed by atoms with Crippen LogP contribution < -0.4 is 10.1 Å². The second-order valence-corrected chi connectivity index (χ2v) is 8.35. The molecule has 1 aromatic heterocycles. The normalized spacial score (nSPS) is 14.6. The van der Waals surface area contributed by atoms with Gasteiger partial charge >= 0.3 is 12.4 Å². The predicted molar refractivity (Wildman–Crippen MR) is 116 cm³/mol. The van der Waals surface area contributed by atoms with Gasteiger partial charge in [0.1, 0.15) is 0 Å². The van der Waals surface area contributed by atoms with E-state index in [0.29, 0.717) is 18.4 Å². The molecular formula is C21H17Cl2F6N3O3. The Balaban J connectivity index is 1.79. The quantitative estimate of drug-likeness (QED) is 0.236. The molecule has 35 heavy (non-hydrogen) atoms. The van der Waals surface area contributed by atoms with Gasteiger partial charge in [0.25, 0.3) is 5.91 Å². The number of alkyl halides is 6. The summed E-state index contributed by atoms with van der Waals surface area (Å²) in [5.41, 5.74) is 0.534. The van der Waals surface area contributed by atoms with E-state index in [0.717, 1.165) is 6.20 Å². The van der Waals surface area contributed by atoms with Crippen molar-refractivity contribution in [1.82, 2.24) is 10.3 Å². The number of benzene rings is 1. The van der Waals surface area contributed by atoms with Crippen molar-refractivity contribution in [3.8, 4) is 17.0 Å². The number of oxime groups is 1. The Morgan fingerprint density at radius 3 is 2.34 bits per heavy atom. The molecule has 0 saturated heterocycles. The highest BCUT2D eigenvalue weighted by Gasteiger charge is 2.32. The first-order valence-corrected chi connectivity index (χ1v) is 10.8. The van der Waals surface area contributed by atoms with Crippen molar-refractivity contribution in [2.45, 2.75) is 25.2 Å². The zero-order valence-corrected chi connectivity index (χ0v) is 19.2. The van der Waals surface area contributed by atoms with Gasteiger partial charge in [-0.1, -0.05) is 34.4 Å². The monoisotopic (exact) mass is 543 g/mol. The zero-order chi connectivity index (χ0) is 25.8. The summed E-state index contributed by atoms with van der Waals surface area (Å²) in [5, 5.41) is 6.32.